The number of anilines is 1. The van der Waals surface area contributed by atoms with E-state index in [2.05, 4.69) is 25.1 Å². The largest absolute Gasteiger partial charge is 0.342 e. The minimum absolute atomic E-state index is 0.0430. The molecule has 1 atom stereocenters. The number of amides is 1. The molecule has 0 unspecified atom stereocenters. The van der Waals surface area contributed by atoms with Crippen LogP contribution in [-0.2, 0) is 4.79 Å². The number of nitrogens with zero attached hydrogens (tertiary/aromatic N) is 5. The first-order valence-corrected chi connectivity index (χ1v) is 9.13. The molecule has 3 heterocycles. The van der Waals surface area contributed by atoms with Gasteiger partial charge in [0, 0.05) is 38.6 Å². The fourth-order valence-electron chi connectivity index (χ4n) is 2.64. The zero-order chi connectivity index (χ0) is 18.5. The molecule has 1 amide bonds. The summed E-state index contributed by atoms with van der Waals surface area (Å²) in [5.41, 5.74) is -1.26. The maximum absolute atomic E-state index is 12.8. The molecule has 3 rings (SSSR count). The molecule has 1 aliphatic heterocycles. The number of piperazine rings is 1. The number of nitrogens with one attached hydrogen (secondary N) is 2. The second-order valence-electron chi connectivity index (χ2n) is 5.69. The van der Waals surface area contributed by atoms with Crippen LogP contribution in [0, 0.1) is 0 Å². The normalized spacial score (nSPS) is 15.7. The van der Waals surface area contributed by atoms with E-state index >= 15 is 0 Å². The van der Waals surface area contributed by atoms with Gasteiger partial charge >= 0.3 is 5.69 Å². The Morgan fingerprint density at radius 3 is 2.54 bits per heavy atom. The first-order valence-electron chi connectivity index (χ1n) is 8.25. The Kier molecular flexibility index (Phi) is 5.66. The van der Waals surface area contributed by atoms with Crippen LogP contribution in [0.5, 0.6) is 0 Å². The van der Waals surface area contributed by atoms with Crippen LogP contribution in [0.25, 0.3) is 0 Å². The molecule has 0 bridgehead atoms. The van der Waals surface area contributed by atoms with Gasteiger partial charge < -0.3 is 9.80 Å². The molecule has 138 valence electrons. The number of rotatable bonds is 5. The fraction of sp³-hybridized carbons (Fsp3) is 0.467. The first kappa shape index (κ1) is 18.1. The molecular weight excluding hydrogens is 358 g/mol. The fourth-order valence-corrected chi connectivity index (χ4v) is 3.59. The summed E-state index contributed by atoms with van der Waals surface area (Å²) in [6.07, 6.45) is 3.93. The Morgan fingerprint density at radius 1 is 1.23 bits per heavy atom. The number of aromatic amines is 2. The monoisotopic (exact) mass is 377 g/mol. The Balaban J connectivity index is 1.62. The average molecular weight is 377 g/mol. The molecule has 11 heteroatoms. The van der Waals surface area contributed by atoms with E-state index < -0.39 is 16.5 Å². The molecule has 1 fully saturated rings. The van der Waals surface area contributed by atoms with Crippen molar-refractivity contribution < 1.29 is 4.79 Å². The highest BCUT2D eigenvalue weighted by atomic mass is 32.2. The van der Waals surface area contributed by atoms with Gasteiger partial charge in [-0.05, 0) is 12.5 Å². The van der Waals surface area contributed by atoms with Crippen LogP contribution in [0.4, 0.5) is 5.95 Å². The molecule has 2 aromatic rings. The number of carbonyl (C=O) groups is 1. The lowest BCUT2D eigenvalue weighted by Crippen LogP contribution is -2.51. The Labute approximate surface area is 153 Å². The lowest BCUT2D eigenvalue weighted by atomic mass is 10.2. The van der Waals surface area contributed by atoms with Gasteiger partial charge in [0.1, 0.15) is 0 Å². The topological polar surface area (TPSA) is 128 Å². The van der Waals surface area contributed by atoms with Crippen molar-refractivity contribution in [2.75, 3.05) is 31.1 Å². The highest BCUT2D eigenvalue weighted by molar-refractivity contribution is 8.00. The zero-order valence-corrected chi connectivity index (χ0v) is 15.0. The minimum atomic E-state index is -0.669. The third-order valence-electron chi connectivity index (χ3n) is 4.01. The van der Waals surface area contributed by atoms with Gasteiger partial charge in [0.15, 0.2) is 5.03 Å². The molecule has 2 aromatic heterocycles. The zero-order valence-electron chi connectivity index (χ0n) is 14.2. The van der Waals surface area contributed by atoms with Gasteiger partial charge in [0.25, 0.3) is 5.56 Å². The standard InChI is InChI=1S/C15H19N7O3S/c1-2-10(26-12-11(23)18-15(25)20-19-12)13(24)21-6-8-22(9-7-21)14-16-4-3-5-17-14/h3-5,10H,2,6-9H2,1H3,(H2,18,20,23,25)/t10-/m0/s1. The molecule has 10 nitrogen and oxygen atoms in total. The van der Waals surface area contributed by atoms with E-state index in [4.69, 9.17) is 0 Å². The van der Waals surface area contributed by atoms with Gasteiger partial charge in [-0.25, -0.2) is 19.9 Å². The molecule has 0 spiro atoms. The summed E-state index contributed by atoms with van der Waals surface area (Å²) in [7, 11) is 0. The van der Waals surface area contributed by atoms with E-state index in [1.54, 1.807) is 23.4 Å². The smallest absolute Gasteiger partial charge is 0.338 e. The van der Waals surface area contributed by atoms with Crippen molar-refractivity contribution in [3.63, 3.8) is 0 Å². The Bertz CT molecular complexity index is 861. The molecule has 0 aliphatic carbocycles. The van der Waals surface area contributed by atoms with Crippen LogP contribution in [-0.4, -0.2) is 67.4 Å². The van der Waals surface area contributed by atoms with Gasteiger partial charge in [0.2, 0.25) is 11.9 Å². The van der Waals surface area contributed by atoms with Gasteiger partial charge in [-0.2, -0.15) is 5.10 Å². The van der Waals surface area contributed by atoms with E-state index in [1.165, 1.54) is 0 Å². The predicted molar refractivity (Wildman–Crippen MR) is 96.2 cm³/mol. The average Bonchev–Trinajstić information content (AvgIpc) is 2.68. The first-order chi connectivity index (χ1) is 12.6. The van der Waals surface area contributed by atoms with Crippen LogP contribution in [0.1, 0.15) is 13.3 Å². The van der Waals surface area contributed by atoms with Crippen LogP contribution in [0.3, 0.4) is 0 Å². The van der Waals surface area contributed by atoms with Gasteiger partial charge in [-0.3, -0.25) is 14.6 Å². The summed E-state index contributed by atoms with van der Waals surface area (Å²) < 4.78 is 0. The Morgan fingerprint density at radius 2 is 1.92 bits per heavy atom. The van der Waals surface area contributed by atoms with E-state index in [0.29, 0.717) is 38.5 Å². The molecule has 26 heavy (non-hydrogen) atoms. The number of H-pyrrole nitrogens is 2. The number of carbonyl (C=O) groups excluding carboxylic acids is 1. The maximum atomic E-state index is 12.8. The summed E-state index contributed by atoms with van der Waals surface area (Å²) in [5.74, 6) is 0.614. The highest BCUT2D eigenvalue weighted by Crippen LogP contribution is 2.23. The third kappa shape index (κ3) is 4.10. The van der Waals surface area contributed by atoms with E-state index in [-0.39, 0.29) is 10.9 Å². The highest BCUT2D eigenvalue weighted by Gasteiger charge is 2.28. The quantitative estimate of drug-likeness (QED) is 0.666. The molecule has 1 saturated heterocycles. The minimum Gasteiger partial charge on any atom is -0.338 e. The van der Waals surface area contributed by atoms with Crippen molar-refractivity contribution >= 4 is 23.6 Å². The van der Waals surface area contributed by atoms with Crippen molar-refractivity contribution in [1.29, 1.82) is 0 Å². The second-order valence-corrected chi connectivity index (χ2v) is 6.88. The SMILES string of the molecule is CC[C@H](Sc1n[nH]c(=O)[nH]c1=O)C(=O)N1CCN(c2ncccn2)CC1. The van der Waals surface area contributed by atoms with E-state index in [1.807, 2.05) is 11.8 Å². The Hall–Kier alpha value is -2.69. The van der Waals surface area contributed by atoms with Crippen LogP contribution in [0.15, 0.2) is 33.1 Å². The van der Waals surface area contributed by atoms with Crippen molar-refractivity contribution in [2.24, 2.45) is 0 Å². The summed E-state index contributed by atoms with van der Waals surface area (Å²) in [6.45, 7) is 4.29. The van der Waals surface area contributed by atoms with Gasteiger partial charge in [-0.15, -0.1) is 0 Å². The summed E-state index contributed by atoms with van der Waals surface area (Å²) in [4.78, 5) is 50.0. The van der Waals surface area contributed by atoms with Crippen molar-refractivity contribution in [3.8, 4) is 0 Å². The van der Waals surface area contributed by atoms with Crippen molar-refractivity contribution in [1.82, 2.24) is 30.0 Å². The van der Waals surface area contributed by atoms with E-state index in [0.717, 1.165) is 11.8 Å². The number of hydrogen-bond donors (Lipinski definition) is 2. The lowest BCUT2D eigenvalue weighted by molar-refractivity contribution is -0.130. The maximum Gasteiger partial charge on any atom is 0.342 e. The summed E-state index contributed by atoms with van der Waals surface area (Å²) >= 11 is 1.07. The number of hydrogen-bond acceptors (Lipinski definition) is 8. The molecule has 2 N–H and O–H groups in total. The van der Waals surface area contributed by atoms with Gasteiger partial charge in [0.05, 0.1) is 5.25 Å². The molecule has 0 aromatic carbocycles. The van der Waals surface area contributed by atoms with Crippen molar-refractivity contribution in [2.45, 2.75) is 23.6 Å². The van der Waals surface area contributed by atoms with Gasteiger partial charge in [-0.1, -0.05) is 18.7 Å². The second kappa shape index (κ2) is 8.13. The molecule has 1 aliphatic rings. The number of aromatic nitrogens is 5. The van der Waals surface area contributed by atoms with E-state index in [9.17, 15) is 14.4 Å². The summed E-state index contributed by atoms with van der Waals surface area (Å²) in [5, 5.41) is 5.56. The van der Waals surface area contributed by atoms with Crippen LogP contribution < -0.4 is 16.1 Å². The van der Waals surface area contributed by atoms with Crippen LogP contribution in [0.2, 0.25) is 0 Å². The summed E-state index contributed by atoms with van der Waals surface area (Å²) in [6, 6.07) is 1.76. The van der Waals surface area contributed by atoms with Crippen LogP contribution >= 0.6 is 11.8 Å². The third-order valence-corrected chi connectivity index (χ3v) is 5.33. The lowest BCUT2D eigenvalue weighted by Gasteiger charge is -2.36. The molecule has 0 saturated carbocycles. The number of thioether (sulfide) groups is 1. The molecule has 0 radical (unpaired) electrons. The van der Waals surface area contributed by atoms with Crippen molar-refractivity contribution in [3.05, 3.63) is 39.3 Å². The molecular formula is C15H19N7O3S. The predicted octanol–water partition coefficient (Wildman–Crippen LogP) is -0.532.